The summed E-state index contributed by atoms with van der Waals surface area (Å²) in [6, 6.07) is 13.1. The lowest BCUT2D eigenvalue weighted by molar-refractivity contribution is 1.19. The minimum Gasteiger partial charge on any atom is -0.0683 e. The number of hydrogen-bond acceptors (Lipinski definition) is 0. The first-order valence-corrected chi connectivity index (χ1v) is 7.00. The van der Waals surface area contributed by atoms with Crippen molar-refractivity contribution in [1.29, 1.82) is 0 Å². The van der Waals surface area contributed by atoms with E-state index in [1.807, 2.05) is 0 Å². The van der Waals surface area contributed by atoms with Gasteiger partial charge in [0.15, 0.2) is 0 Å². The van der Waals surface area contributed by atoms with E-state index in [-0.39, 0.29) is 0 Å². The summed E-state index contributed by atoms with van der Waals surface area (Å²) < 4.78 is 1.18. The summed E-state index contributed by atoms with van der Waals surface area (Å²) >= 11 is 3.71. The first kappa shape index (κ1) is 11.7. The lowest BCUT2D eigenvalue weighted by atomic mass is 9.97. The van der Waals surface area contributed by atoms with Gasteiger partial charge in [-0.05, 0) is 60.2 Å². The van der Waals surface area contributed by atoms with Gasteiger partial charge >= 0.3 is 0 Å². The zero-order chi connectivity index (χ0) is 12.7. The van der Waals surface area contributed by atoms with Crippen LogP contribution in [0.1, 0.15) is 23.6 Å². The molecule has 2 aromatic rings. The highest BCUT2D eigenvalue weighted by Gasteiger charge is 2.14. The number of hydrogen-bond donors (Lipinski definition) is 0. The van der Waals surface area contributed by atoms with Crippen molar-refractivity contribution < 1.29 is 0 Å². The molecule has 0 N–H and O–H groups in total. The van der Waals surface area contributed by atoms with Gasteiger partial charge in [0, 0.05) is 4.47 Å². The topological polar surface area (TPSA) is 0 Å². The van der Waals surface area contributed by atoms with E-state index in [4.69, 9.17) is 0 Å². The molecule has 0 amide bonds. The summed E-state index contributed by atoms with van der Waals surface area (Å²) in [4.78, 5) is 0. The van der Waals surface area contributed by atoms with Gasteiger partial charge in [0.25, 0.3) is 0 Å². The molecule has 1 aliphatic rings. The maximum absolute atomic E-state index is 3.71. The zero-order valence-electron chi connectivity index (χ0n) is 10.6. The predicted molar refractivity (Wildman–Crippen MR) is 81.7 cm³/mol. The molecule has 0 spiro atoms. The minimum atomic E-state index is 1.08. The van der Waals surface area contributed by atoms with Crippen LogP contribution in [0.3, 0.4) is 0 Å². The van der Waals surface area contributed by atoms with E-state index in [0.29, 0.717) is 0 Å². The highest BCUT2D eigenvalue weighted by molar-refractivity contribution is 9.10. The molecule has 0 atom stereocenters. The highest BCUT2D eigenvalue weighted by atomic mass is 79.9. The van der Waals surface area contributed by atoms with E-state index in [9.17, 15) is 0 Å². The predicted octanol–water partition coefficient (Wildman–Crippen LogP) is 5.38. The third kappa shape index (κ3) is 1.93. The molecule has 1 heteroatoms. The van der Waals surface area contributed by atoms with E-state index < -0.39 is 0 Å². The van der Waals surface area contributed by atoms with Crippen LogP contribution < -0.4 is 0 Å². The van der Waals surface area contributed by atoms with Gasteiger partial charge in [-0.1, -0.05) is 51.8 Å². The summed E-state index contributed by atoms with van der Waals surface area (Å²) in [5.74, 6) is 0. The summed E-state index contributed by atoms with van der Waals surface area (Å²) in [6.45, 7) is 4.36. The van der Waals surface area contributed by atoms with Gasteiger partial charge in [-0.25, -0.2) is 0 Å². The monoisotopic (exact) mass is 298 g/mol. The molecule has 1 aliphatic carbocycles. The van der Waals surface area contributed by atoms with Crippen LogP contribution in [0.2, 0.25) is 0 Å². The fourth-order valence-corrected chi connectivity index (χ4v) is 3.19. The van der Waals surface area contributed by atoms with Gasteiger partial charge in [-0.2, -0.15) is 0 Å². The van der Waals surface area contributed by atoms with Crippen LogP contribution in [0, 0.1) is 6.92 Å². The minimum absolute atomic E-state index is 1.08. The number of aryl methyl sites for hydroxylation is 1. The van der Waals surface area contributed by atoms with E-state index in [1.165, 1.54) is 37.9 Å². The number of fused-ring (bicyclic) bond motifs is 1. The maximum atomic E-state index is 3.71. The molecule has 0 saturated heterocycles. The van der Waals surface area contributed by atoms with Crippen LogP contribution in [0.4, 0.5) is 0 Å². The van der Waals surface area contributed by atoms with Crippen molar-refractivity contribution in [3.63, 3.8) is 0 Å². The van der Waals surface area contributed by atoms with Crippen molar-refractivity contribution >= 4 is 22.0 Å². The first-order chi connectivity index (χ1) is 8.65. The third-order valence-electron chi connectivity index (χ3n) is 3.54. The van der Waals surface area contributed by atoms with Crippen LogP contribution in [-0.4, -0.2) is 0 Å². The summed E-state index contributed by atoms with van der Waals surface area (Å²) in [5.41, 5.74) is 8.18. The Hall–Kier alpha value is -1.34. The van der Waals surface area contributed by atoms with Crippen molar-refractivity contribution in [1.82, 2.24) is 0 Å². The molecule has 0 saturated carbocycles. The second kappa shape index (κ2) is 4.40. The Labute approximate surface area is 116 Å². The second-order valence-electron chi connectivity index (χ2n) is 5.01. The molecule has 18 heavy (non-hydrogen) atoms. The molecule has 0 unspecified atom stereocenters. The smallest absolute Gasteiger partial charge is 0.0259 e. The van der Waals surface area contributed by atoms with E-state index in [0.717, 1.165) is 6.42 Å². The molecule has 0 aromatic heterocycles. The number of benzene rings is 2. The quantitative estimate of drug-likeness (QED) is 0.663. The Balaban J connectivity index is 2.17. The first-order valence-electron chi connectivity index (χ1n) is 6.21. The van der Waals surface area contributed by atoms with Gasteiger partial charge in [0.05, 0.1) is 0 Å². The Kier molecular flexibility index (Phi) is 2.87. The lowest BCUT2D eigenvalue weighted by Gasteiger charge is -2.11. The molecule has 0 aliphatic heterocycles. The van der Waals surface area contributed by atoms with Gasteiger partial charge in [0.1, 0.15) is 0 Å². The molecular formula is C17H15Br. The summed E-state index contributed by atoms with van der Waals surface area (Å²) in [7, 11) is 0. The molecule has 0 heterocycles. The normalized spacial score (nSPS) is 13.4. The van der Waals surface area contributed by atoms with Crippen molar-refractivity contribution in [2.45, 2.75) is 20.3 Å². The largest absolute Gasteiger partial charge is 0.0683 e. The SMILES string of the molecule is CC1=Cc2cc(Br)c(-c3ccccc3C)cc2C1. The third-order valence-corrected chi connectivity index (χ3v) is 4.19. The van der Waals surface area contributed by atoms with Crippen LogP contribution in [0.25, 0.3) is 17.2 Å². The average Bonchev–Trinajstić information content (AvgIpc) is 2.68. The van der Waals surface area contributed by atoms with Gasteiger partial charge in [-0.3, -0.25) is 0 Å². The molecule has 0 radical (unpaired) electrons. The molecule has 0 bridgehead atoms. The average molecular weight is 299 g/mol. The number of halogens is 1. The van der Waals surface area contributed by atoms with E-state index in [2.05, 4.69) is 72.3 Å². The van der Waals surface area contributed by atoms with Crippen molar-refractivity contribution in [3.8, 4) is 11.1 Å². The fourth-order valence-electron chi connectivity index (χ4n) is 2.62. The van der Waals surface area contributed by atoms with Crippen molar-refractivity contribution in [2.24, 2.45) is 0 Å². The summed E-state index contributed by atoms with van der Waals surface area (Å²) in [5, 5.41) is 0. The fraction of sp³-hybridized carbons (Fsp3) is 0.176. The Bertz CT molecular complexity index is 651. The molecule has 90 valence electrons. The van der Waals surface area contributed by atoms with Crippen LogP contribution in [0.5, 0.6) is 0 Å². The second-order valence-corrected chi connectivity index (χ2v) is 5.87. The van der Waals surface area contributed by atoms with Crippen molar-refractivity contribution in [2.75, 3.05) is 0 Å². The number of allylic oxidation sites excluding steroid dienone is 1. The highest BCUT2D eigenvalue weighted by Crippen LogP contribution is 2.36. The zero-order valence-corrected chi connectivity index (χ0v) is 12.2. The summed E-state index contributed by atoms with van der Waals surface area (Å²) in [6.07, 6.45) is 3.36. The Morgan fingerprint density at radius 2 is 1.78 bits per heavy atom. The Morgan fingerprint density at radius 1 is 1.00 bits per heavy atom. The molecular weight excluding hydrogens is 284 g/mol. The Morgan fingerprint density at radius 3 is 2.56 bits per heavy atom. The molecule has 2 aromatic carbocycles. The van der Waals surface area contributed by atoms with E-state index >= 15 is 0 Å². The van der Waals surface area contributed by atoms with Gasteiger partial charge in [0.2, 0.25) is 0 Å². The van der Waals surface area contributed by atoms with E-state index in [1.54, 1.807) is 0 Å². The maximum Gasteiger partial charge on any atom is 0.0259 e. The molecule has 0 fully saturated rings. The molecule has 0 nitrogen and oxygen atoms in total. The number of rotatable bonds is 1. The molecule has 3 rings (SSSR count). The van der Waals surface area contributed by atoms with Crippen LogP contribution >= 0.6 is 15.9 Å². The standard InChI is InChI=1S/C17H15Br/c1-11-7-13-9-16(17(18)10-14(13)8-11)15-6-4-3-5-12(15)2/h3-6,8-10H,7H2,1-2H3. The van der Waals surface area contributed by atoms with Gasteiger partial charge < -0.3 is 0 Å². The van der Waals surface area contributed by atoms with Crippen molar-refractivity contribution in [3.05, 3.63) is 63.1 Å². The van der Waals surface area contributed by atoms with Gasteiger partial charge in [-0.15, -0.1) is 0 Å². The van der Waals surface area contributed by atoms with Crippen LogP contribution in [0.15, 0.2) is 46.4 Å². The lowest BCUT2D eigenvalue weighted by Crippen LogP contribution is -1.89. The van der Waals surface area contributed by atoms with Crippen LogP contribution in [-0.2, 0) is 6.42 Å².